The second-order valence-corrected chi connectivity index (χ2v) is 27.0. The van der Waals surface area contributed by atoms with Crippen molar-refractivity contribution in [1.82, 2.24) is 0 Å². The van der Waals surface area contributed by atoms with E-state index in [2.05, 4.69) is 149 Å². The molecule has 0 aliphatic heterocycles. The Morgan fingerprint density at radius 3 is 0.860 bits per heavy atom. The number of phosphoric acid groups is 2. The van der Waals surface area contributed by atoms with Crippen molar-refractivity contribution in [2.75, 3.05) is 39.6 Å². The summed E-state index contributed by atoms with van der Waals surface area (Å²) in [6.07, 6.45) is 84.1. The van der Waals surface area contributed by atoms with Crippen LogP contribution in [0, 0.1) is 0 Å². The first-order valence-corrected chi connectivity index (χ1v) is 40.4. The minimum Gasteiger partial charge on any atom is -0.461 e. The van der Waals surface area contributed by atoms with Crippen molar-refractivity contribution < 1.29 is 80.2 Å². The molecule has 0 aliphatic carbocycles. The lowest BCUT2D eigenvalue weighted by molar-refractivity contribution is -0.161. The minimum absolute atomic E-state index is 0.0475. The quantitative estimate of drug-likeness (QED) is 0.0169. The van der Waals surface area contributed by atoms with Crippen molar-refractivity contribution in [1.29, 1.82) is 0 Å². The highest BCUT2D eigenvalue weighted by atomic mass is 31.2. The summed E-state index contributed by atoms with van der Waals surface area (Å²) < 4.78 is 68.2. The van der Waals surface area contributed by atoms with Crippen LogP contribution in [0.15, 0.2) is 170 Å². The van der Waals surface area contributed by atoms with E-state index >= 15 is 0 Å². The number of aliphatic hydroxyl groups is 1. The number of aliphatic hydroxyl groups excluding tert-OH is 1. The molecular weight excluding hydrogens is 1310 g/mol. The van der Waals surface area contributed by atoms with Crippen LogP contribution < -0.4 is 0 Å². The van der Waals surface area contributed by atoms with E-state index in [4.69, 9.17) is 37.0 Å². The highest BCUT2D eigenvalue weighted by Crippen LogP contribution is 2.45. The number of phosphoric ester groups is 2. The molecule has 0 aromatic rings. The summed E-state index contributed by atoms with van der Waals surface area (Å²) in [6.45, 7) is 4.23. The molecule has 19 heteroatoms. The number of carbonyl (C=O) groups excluding carboxylic acids is 4. The normalized spacial score (nSPS) is 14.9. The third-order valence-electron chi connectivity index (χ3n) is 14.7. The fourth-order valence-corrected chi connectivity index (χ4v) is 10.7. The van der Waals surface area contributed by atoms with Crippen molar-refractivity contribution in [3.63, 3.8) is 0 Å². The average Bonchev–Trinajstić information content (AvgIpc) is 1.01. The van der Waals surface area contributed by atoms with E-state index in [1.807, 2.05) is 36.5 Å². The molecule has 0 fully saturated rings. The van der Waals surface area contributed by atoms with Gasteiger partial charge in [-0.2, -0.15) is 0 Å². The Hall–Kier alpha value is -5.58. The van der Waals surface area contributed by atoms with E-state index in [1.54, 1.807) is 12.2 Å². The zero-order valence-electron chi connectivity index (χ0n) is 61.5. The predicted octanol–water partition coefficient (Wildman–Crippen LogP) is 21.4. The number of unbranched alkanes of at least 4 members (excludes halogenated alkanes) is 16. The van der Waals surface area contributed by atoms with Crippen LogP contribution in [0.2, 0.25) is 0 Å². The van der Waals surface area contributed by atoms with Crippen molar-refractivity contribution in [3.8, 4) is 0 Å². The van der Waals surface area contributed by atoms with E-state index in [-0.39, 0.29) is 25.7 Å². The number of rotatable bonds is 68. The summed E-state index contributed by atoms with van der Waals surface area (Å²) in [6, 6.07) is 0. The standard InChI is InChI=1S/C81H130O17P2/c1-5-9-13-17-21-25-29-33-37-41-45-49-53-57-61-65-78(83)91-71-76(97-80(85)67-63-59-55-51-47-43-39-35-31-27-23-19-15-11-7-3)73-95-99(87,88)93-69-75(82)70-94-100(89,90)96-74-77(98-81(86)68-64-60-56-52-48-44-40-36-32-28-24-20-16-12-8-4)72-92-79(84)66-62-58-54-50-46-42-38-34-30-26-22-18-14-10-6-2/h9-11,13-15,21-23,25-27,33-40,45-46,49-50,57-58,61-62,75-77,82H,5-8,12,16-20,24,28-32,41-44,47-48,51-56,59-60,63-74H2,1-4H3,(H,87,88)(H,89,90)/b13-9-,14-10-,15-11-,25-21-,26-22-,27-23-,37-33-,38-34-,39-35-,40-36-,49-45-,50-46-,61-57-,62-58-. The molecule has 0 aromatic carbocycles. The summed E-state index contributed by atoms with van der Waals surface area (Å²) in [7, 11) is -10.0. The van der Waals surface area contributed by atoms with Gasteiger partial charge in [0.15, 0.2) is 12.2 Å². The number of allylic oxidation sites excluding steroid dienone is 26. The molecule has 0 aromatic heterocycles. The van der Waals surface area contributed by atoms with Crippen LogP contribution in [0.4, 0.5) is 0 Å². The number of ether oxygens (including phenoxy) is 4. The first-order chi connectivity index (χ1) is 48.7. The van der Waals surface area contributed by atoms with Gasteiger partial charge in [0.2, 0.25) is 0 Å². The van der Waals surface area contributed by atoms with Crippen molar-refractivity contribution in [3.05, 3.63) is 170 Å². The van der Waals surface area contributed by atoms with Gasteiger partial charge < -0.3 is 33.8 Å². The molecule has 5 atom stereocenters. The third kappa shape index (κ3) is 70.8. The topological polar surface area (TPSA) is 237 Å². The van der Waals surface area contributed by atoms with Crippen LogP contribution in [-0.2, 0) is 65.4 Å². The Balaban J connectivity index is 5.53. The van der Waals surface area contributed by atoms with E-state index in [0.717, 1.165) is 141 Å². The van der Waals surface area contributed by atoms with Gasteiger partial charge in [0.1, 0.15) is 19.3 Å². The minimum atomic E-state index is -5.01. The largest absolute Gasteiger partial charge is 0.472 e. The fraction of sp³-hybridized carbons (Fsp3) is 0.605. The fourth-order valence-electron chi connectivity index (χ4n) is 9.14. The SMILES string of the molecule is CC/C=C\C/C=C\C/C=C\C/C=C\C/C=C\CC(=O)OCC(COP(=O)(O)OCC(O)COP(=O)(O)OCC(COC(=O)C/C=C\C/C=C\C/C=C\C/C=C\C/C=C\CC)OC(=O)CCCCCCC/C=C\CCCCCCCC)OC(=O)CCCCCCC/C=C\C/C=C\C/C=C\CC. The summed E-state index contributed by atoms with van der Waals surface area (Å²) >= 11 is 0. The molecule has 566 valence electrons. The maximum absolute atomic E-state index is 13.1. The van der Waals surface area contributed by atoms with Crippen molar-refractivity contribution >= 4 is 39.5 Å². The molecule has 0 bridgehead atoms. The first kappa shape index (κ1) is 94.4. The Morgan fingerprint density at radius 1 is 0.300 bits per heavy atom. The second-order valence-electron chi connectivity index (χ2n) is 24.1. The second kappa shape index (κ2) is 71.8. The van der Waals surface area contributed by atoms with E-state index < -0.39 is 97.5 Å². The first-order valence-electron chi connectivity index (χ1n) is 37.4. The molecule has 0 saturated heterocycles. The lowest BCUT2D eigenvalue weighted by atomic mass is 10.1. The lowest BCUT2D eigenvalue weighted by Gasteiger charge is -2.21. The Bertz CT molecular complexity index is 2570. The van der Waals surface area contributed by atoms with Gasteiger partial charge >= 0.3 is 39.5 Å². The molecule has 0 spiro atoms. The van der Waals surface area contributed by atoms with Gasteiger partial charge in [0.05, 0.1) is 39.3 Å². The van der Waals surface area contributed by atoms with E-state index in [1.165, 1.54) is 38.5 Å². The molecule has 17 nitrogen and oxygen atoms in total. The van der Waals surface area contributed by atoms with Crippen molar-refractivity contribution in [2.45, 2.75) is 277 Å². The molecule has 0 radical (unpaired) electrons. The van der Waals surface area contributed by atoms with Crippen LogP contribution in [0.25, 0.3) is 0 Å². The summed E-state index contributed by atoms with van der Waals surface area (Å²) in [5.74, 6) is -2.52. The van der Waals surface area contributed by atoms with Crippen LogP contribution >= 0.6 is 15.6 Å². The van der Waals surface area contributed by atoms with E-state index in [0.29, 0.717) is 25.7 Å². The highest BCUT2D eigenvalue weighted by Gasteiger charge is 2.30. The number of hydrogen-bond donors (Lipinski definition) is 3. The maximum Gasteiger partial charge on any atom is 0.472 e. The van der Waals surface area contributed by atoms with Crippen LogP contribution in [0.5, 0.6) is 0 Å². The number of carbonyl (C=O) groups is 4. The third-order valence-corrected chi connectivity index (χ3v) is 16.6. The van der Waals surface area contributed by atoms with Crippen LogP contribution in [0.3, 0.4) is 0 Å². The van der Waals surface area contributed by atoms with Gasteiger partial charge in [0, 0.05) is 12.8 Å². The molecule has 5 unspecified atom stereocenters. The summed E-state index contributed by atoms with van der Waals surface area (Å²) in [5.41, 5.74) is 0. The van der Waals surface area contributed by atoms with Crippen LogP contribution in [0.1, 0.15) is 259 Å². The van der Waals surface area contributed by atoms with E-state index in [9.17, 15) is 43.2 Å². The molecule has 0 amide bonds. The Labute approximate surface area is 603 Å². The van der Waals surface area contributed by atoms with Gasteiger partial charge in [-0.3, -0.25) is 37.3 Å². The summed E-state index contributed by atoms with van der Waals surface area (Å²) in [4.78, 5) is 72.7. The Morgan fingerprint density at radius 2 is 0.550 bits per heavy atom. The zero-order valence-corrected chi connectivity index (χ0v) is 63.3. The van der Waals surface area contributed by atoms with Gasteiger partial charge in [-0.25, -0.2) is 9.13 Å². The monoisotopic (exact) mass is 1440 g/mol. The molecule has 0 aliphatic rings. The smallest absolute Gasteiger partial charge is 0.461 e. The van der Waals surface area contributed by atoms with Gasteiger partial charge in [0.25, 0.3) is 0 Å². The van der Waals surface area contributed by atoms with Gasteiger partial charge in [-0.1, -0.05) is 268 Å². The highest BCUT2D eigenvalue weighted by molar-refractivity contribution is 7.47. The van der Waals surface area contributed by atoms with Crippen molar-refractivity contribution in [2.24, 2.45) is 0 Å². The van der Waals surface area contributed by atoms with Crippen LogP contribution in [-0.4, -0.2) is 96.7 Å². The molecule has 3 N–H and O–H groups in total. The number of hydrogen-bond acceptors (Lipinski definition) is 15. The number of esters is 4. The molecule has 0 rings (SSSR count). The predicted molar refractivity (Wildman–Crippen MR) is 408 cm³/mol. The lowest BCUT2D eigenvalue weighted by Crippen LogP contribution is -2.30. The molecule has 0 saturated carbocycles. The molecule has 100 heavy (non-hydrogen) atoms. The summed E-state index contributed by atoms with van der Waals surface area (Å²) in [5, 5.41) is 10.6. The van der Waals surface area contributed by atoms with Gasteiger partial charge in [-0.15, -0.1) is 0 Å². The molecule has 0 heterocycles. The molecular formula is C81H130O17P2. The average molecular weight is 1440 g/mol. The van der Waals surface area contributed by atoms with Gasteiger partial charge in [-0.05, 0) is 135 Å². The Kier molecular flexibility index (Phi) is 67.8. The zero-order chi connectivity index (χ0) is 73.2. The maximum atomic E-state index is 13.1.